The molecule has 1 N–H and O–H groups in total. The highest BCUT2D eigenvalue weighted by atomic mass is 79.9. The fraction of sp³-hybridized carbons (Fsp3) is 0.231. The normalized spacial score (nSPS) is 10.8. The SMILES string of the molecule is Cc1cc(Br)c(C)c(-c2cc(C(=O)O)nn2C)c1F. The van der Waals surface area contributed by atoms with Crippen LogP contribution in [0.2, 0.25) is 0 Å². The fourth-order valence-corrected chi connectivity index (χ4v) is 2.49. The van der Waals surface area contributed by atoms with E-state index in [4.69, 9.17) is 5.11 Å². The Morgan fingerprint density at radius 3 is 2.58 bits per heavy atom. The third-order valence-corrected chi connectivity index (χ3v) is 3.82. The van der Waals surface area contributed by atoms with Crippen LogP contribution < -0.4 is 0 Å². The van der Waals surface area contributed by atoms with Crippen molar-refractivity contribution in [3.05, 3.63) is 39.2 Å². The Morgan fingerprint density at radius 1 is 1.42 bits per heavy atom. The highest BCUT2D eigenvalue weighted by Gasteiger charge is 2.19. The molecule has 0 fully saturated rings. The molecule has 0 aliphatic rings. The zero-order valence-electron chi connectivity index (χ0n) is 10.7. The number of carboxylic acid groups (broad SMARTS) is 1. The van der Waals surface area contributed by atoms with E-state index in [-0.39, 0.29) is 11.5 Å². The average molecular weight is 327 g/mol. The quantitative estimate of drug-likeness (QED) is 0.921. The third-order valence-electron chi connectivity index (χ3n) is 3.00. The van der Waals surface area contributed by atoms with Crippen molar-refractivity contribution in [3.63, 3.8) is 0 Å². The molecule has 0 saturated carbocycles. The Balaban J connectivity index is 2.75. The standard InChI is InChI=1S/C13H12BrFN2O2/c1-6-4-8(14)7(2)11(12(6)15)10-5-9(13(18)19)16-17(10)3/h4-5H,1-3H3,(H,18,19). The Bertz CT molecular complexity index is 654. The van der Waals surface area contributed by atoms with Gasteiger partial charge in [0.05, 0.1) is 5.69 Å². The van der Waals surface area contributed by atoms with Gasteiger partial charge < -0.3 is 5.11 Å². The average Bonchev–Trinajstić information content (AvgIpc) is 2.70. The molecule has 2 aromatic rings. The van der Waals surface area contributed by atoms with Gasteiger partial charge in [0.25, 0.3) is 0 Å². The molecule has 6 heteroatoms. The van der Waals surface area contributed by atoms with Gasteiger partial charge in [-0.15, -0.1) is 0 Å². The van der Waals surface area contributed by atoms with E-state index in [0.717, 1.165) is 4.47 Å². The Labute approximate surface area is 118 Å². The maximum atomic E-state index is 14.3. The summed E-state index contributed by atoms with van der Waals surface area (Å²) in [4.78, 5) is 10.9. The lowest BCUT2D eigenvalue weighted by Crippen LogP contribution is -2.01. The minimum absolute atomic E-state index is 0.103. The zero-order chi connectivity index (χ0) is 14.3. The van der Waals surface area contributed by atoms with Gasteiger partial charge in [-0.25, -0.2) is 9.18 Å². The van der Waals surface area contributed by atoms with Crippen LogP contribution in [0.5, 0.6) is 0 Å². The first-order valence-corrected chi connectivity index (χ1v) is 6.35. The summed E-state index contributed by atoms with van der Waals surface area (Å²) >= 11 is 3.38. The van der Waals surface area contributed by atoms with E-state index in [0.29, 0.717) is 22.4 Å². The van der Waals surface area contributed by atoms with Gasteiger partial charge in [0.1, 0.15) is 5.82 Å². The smallest absolute Gasteiger partial charge is 0.356 e. The molecule has 0 bridgehead atoms. The van der Waals surface area contributed by atoms with Gasteiger partial charge >= 0.3 is 5.97 Å². The van der Waals surface area contributed by atoms with Gasteiger partial charge in [-0.2, -0.15) is 5.10 Å². The van der Waals surface area contributed by atoms with Gasteiger partial charge in [0, 0.05) is 17.1 Å². The number of nitrogens with zero attached hydrogens (tertiary/aromatic N) is 2. The molecule has 0 saturated heterocycles. The molecule has 19 heavy (non-hydrogen) atoms. The van der Waals surface area contributed by atoms with Crippen LogP contribution in [0.3, 0.4) is 0 Å². The Morgan fingerprint density at radius 2 is 2.05 bits per heavy atom. The summed E-state index contributed by atoms with van der Waals surface area (Å²) in [5.41, 5.74) is 1.91. The van der Waals surface area contributed by atoms with Crippen LogP contribution >= 0.6 is 15.9 Å². The highest BCUT2D eigenvalue weighted by molar-refractivity contribution is 9.10. The number of aromatic carboxylic acids is 1. The Hall–Kier alpha value is -1.69. The summed E-state index contributed by atoms with van der Waals surface area (Å²) in [7, 11) is 1.59. The lowest BCUT2D eigenvalue weighted by molar-refractivity contribution is 0.0689. The molecule has 0 unspecified atom stereocenters. The van der Waals surface area contributed by atoms with Crippen molar-refractivity contribution >= 4 is 21.9 Å². The molecule has 1 heterocycles. The second-order valence-corrected chi connectivity index (χ2v) is 5.19. The molecule has 0 atom stereocenters. The van der Waals surface area contributed by atoms with Crippen LogP contribution in [0.4, 0.5) is 4.39 Å². The van der Waals surface area contributed by atoms with E-state index < -0.39 is 5.97 Å². The van der Waals surface area contributed by atoms with Crippen LogP contribution in [0.1, 0.15) is 21.6 Å². The van der Waals surface area contributed by atoms with Crippen molar-refractivity contribution in [2.24, 2.45) is 7.05 Å². The molecule has 1 aromatic heterocycles. The third kappa shape index (κ3) is 2.28. The van der Waals surface area contributed by atoms with E-state index in [1.807, 2.05) is 0 Å². The molecule has 0 aliphatic heterocycles. The topological polar surface area (TPSA) is 55.1 Å². The largest absolute Gasteiger partial charge is 0.476 e. The van der Waals surface area contributed by atoms with Crippen molar-refractivity contribution in [2.75, 3.05) is 0 Å². The summed E-state index contributed by atoms with van der Waals surface area (Å²) in [6.45, 7) is 3.44. The number of carbonyl (C=O) groups is 1. The minimum Gasteiger partial charge on any atom is -0.476 e. The summed E-state index contributed by atoms with van der Waals surface area (Å²) in [5, 5.41) is 12.8. The number of rotatable bonds is 2. The molecule has 0 radical (unpaired) electrons. The summed E-state index contributed by atoms with van der Waals surface area (Å²) in [6, 6.07) is 3.07. The van der Waals surface area contributed by atoms with E-state index >= 15 is 0 Å². The second-order valence-electron chi connectivity index (χ2n) is 4.33. The van der Waals surface area contributed by atoms with Crippen molar-refractivity contribution in [1.82, 2.24) is 9.78 Å². The number of hydrogen-bond acceptors (Lipinski definition) is 2. The first kappa shape index (κ1) is 13.7. The van der Waals surface area contributed by atoms with Crippen LogP contribution in [-0.4, -0.2) is 20.9 Å². The van der Waals surface area contributed by atoms with Gasteiger partial charge in [0.15, 0.2) is 5.69 Å². The summed E-state index contributed by atoms with van der Waals surface area (Å²) in [5.74, 6) is -1.49. The molecule has 1 aromatic carbocycles. The molecule has 4 nitrogen and oxygen atoms in total. The lowest BCUT2D eigenvalue weighted by Gasteiger charge is -2.11. The number of benzene rings is 1. The molecule has 0 spiro atoms. The molecule has 2 rings (SSSR count). The van der Waals surface area contributed by atoms with Gasteiger partial charge in [-0.05, 0) is 37.1 Å². The fourth-order valence-electron chi connectivity index (χ4n) is 1.95. The molecule has 0 aliphatic carbocycles. The van der Waals surface area contributed by atoms with E-state index in [1.54, 1.807) is 27.0 Å². The predicted molar refractivity (Wildman–Crippen MR) is 72.7 cm³/mol. The molecule has 100 valence electrons. The second kappa shape index (κ2) is 4.77. The van der Waals surface area contributed by atoms with Crippen molar-refractivity contribution < 1.29 is 14.3 Å². The monoisotopic (exact) mass is 326 g/mol. The number of carboxylic acids is 1. The van der Waals surface area contributed by atoms with Crippen molar-refractivity contribution in [1.29, 1.82) is 0 Å². The number of aromatic nitrogens is 2. The van der Waals surface area contributed by atoms with Crippen LogP contribution in [-0.2, 0) is 7.05 Å². The minimum atomic E-state index is -1.13. The predicted octanol–water partition coefficient (Wildman–Crippen LogP) is 3.30. The van der Waals surface area contributed by atoms with E-state index in [2.05, 4.69) is 21.0 Å². The van der Waals surface area contributed by atoms with Gasteiger partial charge in [-0.1, -0.05) is 15.9 Å². The van der Waals surface area contributed by atoms with Gasteiger partial charge in [0.2, 0.25) is 0 Å². The number of hydrogen-bond donors (Lipinski definition) is 1. The first-order chi connectivity index (χ1) is 8.82. The molecular weight excluding hydrogens is 315 g/mol. The van der Waals surface area contributed by atoms with Crippen LogP contribution in [0.15, 0.2) is 16.6 Å². The summed E-state index contributed by atoms with van der Waals surface area (Å²) < 4.78 is 16.5. The number of aryl methyl sites for hydroxylation is 2. The molecular formula is C13H12BrFN2O2. The molecule has 0 amide bonds. The van der Waals surface area contributed by atoms with Gasteiger partial charge in [-0.3, -0.25) is 4.68 Å². The summed E-state index contributed by atoms with van der Waals surface area (Å²) in [6.07, 6.45) is 0. The van der Waals surface area contributed by atoms with Crippen molar-refractivity contribution in [3.8, 4) is 11.3 Å². The van der Waals surface area contributed by atoms with E-state index in [9.17, 15) is 9.18 Å². The number of halogens is 2. The highest BCUT2D eigenvalue weighted by Crippen LogP contribution is 2.33. The zero-order valence-corrected chi connectivity index (χ0v) is 12.2. The van der Waals surface area contributed by atoms with Crippen LogP contribution in [0.25, 0.3) is 11.3 Å². The Kier molecular flexibility index (Phi) is 3.45. The van der Waals surface area contributed by atoms with Crippen LogP contribution in [0, 0.1) is 19.7 Å². The first-order valence-electron chi connectivity index (χ1n) is 5.55. The maximum Gasteiger partial charge on any atom is 0.356 e. The lowest BCUT2D eigenvalue weighted by atomic mass is 10.0. The maximum absolute atomic E-state index is 14.3. The van der Waals surface area contributed by atoms with Crippen molar-refractivity contribution in [2.45, 2.75) is 13.8 Å². The van der Waals surface area contributed by atoms with E-state index in [1.165, 1.54) is 10.7 Å².